The molecule has 0 amide bonds. The van der Waals surface area contributed by atoms with E-state index in [1.165, 1.54) is 0 Å². The SMILES string of the molecule is CC(C)COC(=O)C(C)n1c(CO)nc2ccccc21. The van der Waals surface area contributed by atoms with Crippen molar-refractivity contribution >= 4 is 17.0 Å². The average Bonchev–Trinajstić information content (AvgIpc) is 2.82. The lowest BCUT2D eigenvalue weighted by Crippen LogP contribution is -2.22. The number of para-hydroxylation sites is 2. The zero-order valence-corrected chi connectivity index (χ0v) is 12.0. The van der Waals surface area contributed by atoms with Gasteiger partial charge in [-0.1, -0.05) is 26.0 Å². The molecular formula is C15H20N2O3. The minimum absolute atomic E-state index is 0.212. The number of carbonyl (C=O) groups excluding carboxylic acids is 1. The molecule has 5 heteroatoms. The van der Waals surface area contributed by atoms with Crippen molar-refractivity contribution in [2.45, 2.75) is 33.4 Å². The van der Waals surface area contributed by atoms with Gasteiger partial charge in [-0.3, -0.25) is 0 Å². The average molecular weight is 276 g/mol. The van der Waals surface area contributed by atoms with Crippen LogP contribution in [0.3, 0.4) is 0 Å². The number of imidazole rings is 1. The van der Waals surface area contributed by atoms with E-state index in [1.54, 1.807) is 11.5 Å². The number of nitrogens with zero attached hydrogens (tertiary/aromatic N) is 2. The van der Waals surface area contributed by atoms with Gasteiger partial charge in [-0.15, -0.1) is 0 Å². The zero-order valence-electron chi connectivity index (χ0n) is 12.0. The molecule has 0 aliphatic heterocycles. The fourth-order valence-corrected chi connectivity index (χ4v) is 2.11. The van der Waals surface area contributed by atoms with E-state index in [0.29, 0.717) is 18.3 Å². The summed E-state index contributed by atoms with van der Waals surface area (Å²) >= 11 is 0. The molecule has 20 heavy (non-hydrogen) atoms. The Hall–Kier alpha value is -1.88. The van der Waals surface area contributed by atoms with Crippen molar-refractivity contribution in [2.24, 2.45) is 5.92 Å². The van der Waals surface area contributed by atoms with Crippen molar-refractivity contribution in [3.63, 3.8) is 0 Å². The highest BCUT2D eigenvalue weighted by atomic mass is 16.5. The standard InChI is InChI=1S/C15H20N2O3/c1-10(2)9-20-15(19)11(3)17-13-7-5-4-6-12(13)16-14(17)8-18/h4-7,10-11,18H,8-9H2,1-3H3. The predicted octanol–water partition coefficient (Wildman–Crippen LogP) is 2.29. The van der Waals surface area contributed by atoms with Crippen LogP contribution >= 0.6 is 0 Å². The first-order valence-corrected chi connectivity index (χ1v) is 6.78. The normalized spacial score (nSPS) is 12.8. The molecule has 0 spiro atoms. The lowest BCUT2D eigenvalue weighted by Gasteiger charge is -2.16. The van der Waals surface area contributed by atoms with Crippen molar-refractivity contribution in [3.8, 4) is 0 Å². The molecule has 1 unspecified atom stereocenters. The van der Waals surface area contributed by atoms with Crippen molar-refractivity contribution in [1.82, 2.24) is 9.55 Å². The first-order chi connectivity index (χ1) is 9.54. The van der Waals surface area contributed by atoms with E-state index in [-0.39, 0.29) is 12.6 Å². The Morgan fingerprint density at radius 3 is 2.70 bits per heavy atom. The van der Waals surface area contributed by atoms with Gasteiger partial charge in [0.15, 0.2) is 0 Å². The fraction of sp³-hybridized carbons (Fsp3) is 0.467. The van der Waals surface area contributed by atoms with E-state index in [9.17, 15) is 9.90 Å². The van der Waals surface area contributed by atoms with Gasteiger partial charge in [-0.05, 0) is 25.0 Å². The van der Waals surface area contributed by atoms with Crippen molar-refractivity contribution < 1.29 is 14.6 Å². The number of fused-ring (bicyclic) bond motifs is 1. The molecule has 0 radical (unpaired) electrons. The van der Waals surface area contributed by atoms with Crippen LogP contribution in [0.5, 0.6) is 0 Å². The molecule has 0 saturated carbocycles. The number of benzene rings is 1. The van der Waals surface area contributed by atoms with Crippen molar-refractivity contribution in [3.05, 3.63) is 30.1 Å². The Morgan fingerprint density at radius 2 is 2.05 bits per heavy atom. The van der Waals surface area contributed by atoms with Gasteiger partial charge < -0.3 is 14.4 Å². The minimum atomic E-state index is -0.511. The Bertz CT molecular complexity index is 604. The maximum absolute atomic E-state index is 12.1. The second-order valence-corrected chi connectivity index (χ2v) is 5.24. The number of carbonyl (C=O) groups is 1. The Balaban J connectivity index is 2.33. The quantitative estimate of drug-likeness (QED) is 0.851. The van der Waals surface area contributed by atoms with Crippen LogP contribution in [-0.2, 0) is 16.1 Å². The number of aliphatic hydroxyl groups is 1. The number of aliphatic hydroxyl groups excluding tert-OH is 1. The van der Waals surface area contributed by atoms with Gasteiger partial charge in [0.25, 0.3) is 0 Å². The monoisotopic (exact) mass is 276 g/mol. The van der Waals surface area contributed by atoms with Gasteiger partial charge in [0.05, 0.1) is 17.6 Å². The first kappa shape index (κ1) is 14.5. The molecule has 0 bridgehead atoms. The highest BCUT2D eigenvalue weighted by molar-refractivity contribution is 5.81. The number of rotatable bonds is 5. The number of hydrogen-bond acceptors (Lipinski definition) is 4. The van der Waals surface area contributed by atoms with Crippen LogP contribution in [0.2, 0.25) is 0 Å². The molecule has 0 aliphatic rings. The summed E-state index contributed by atoms with van der Waals surface area (Å²) in [7, 11) is 0. The summed E-state index contributed by atoms with van der Waals surface area (Å²) in [6.45, 7) is 5.92. The number of aromatic nitrogens is 2. The van der Waals surface area contributed by atoms with Gasteiger partial charge in [0.2, 0.25) is 0 Å². The minimum Gasteiger partial charge on any atom is -0.464 e. The van der Waals surface area contributed by atoms with Gasteiger partial charge in [-0.2, -0.15) is 0 Å². The molecule has 0 saturated heterocycles. The lowest BCUT2D eigenvalue weighted by atomic mass is 10.2. The molecule has 1 N–H and O–H groups in total. The Kier molecular flexibility index (Phi) is 4.39. The molecule has 0 aliphatic carbocycles. The van der Waals surface area contributed by atoms with Crippen LogP contribution in [0.25, 0.3) is 11.0 Å². The highest BCUT2D eigenvalue weighted by Gasteiger charge is 2.22. The topological polar surface area (TPSA) is 64.3 Å². The van der Waals surface area contributed by atoms with Crippen molar-refractivity contribution in [1.29, 1.82) is 0 Å². The molecule has 0 fully saturated rings. The van der Waals surface area contributed by atoms with Crippen LogP contribution in [-0.4, -0.2) is 27.2 Å². The molecule has 1 aromatic carbocycles. The van der Waals surface area contributed by atoms with E-state index >= 15 is 0 Å². The van der Waals surface area contributed by atoms with E-state index < -0.39 is 6.04 Å². The summed E-state index contributed by atoms with van der Waals surface area (Å²) in [6.07, 6.45) is 0. The van der Waals surface area contributed by atoms with E-state index in [2.05, 4.69) is 4.98 Å². The van der Waals surface area contributed by atoms with Crippen LogP contribution in [0.1, 0.15) is 32.6 Å². The summed E-state index contributed by atoms with van der Waals surface area (Å²) < 4.78 is 7.00. The second kappa shape index (κ2) is 6.05. The van der Waals surface area contributed by atoms with E-state index in [0.717, 1.165) is 11.0 Å². The molecule has 2 rings (SSSR count). The number of ether oxygens (including phenoxy) is 1. The fourth-order valence-electron chi connectivity index (χ4n) is 2.11. The maximum Gasteiger partial charge on any atom is 0.328 e. The molecular weight excluding hydrogens is 256 g/mol. The van der Waals surface area contributed by atoms with Gasteiger partial charge in [0.1, 0.15) is 18.5 Å². The van der Waals surface area contributed by atoms with Crippen LogP contribution in [0.4, 0.5) is 0 Å². The smallest absolute Gasteiger partial charge is 0.328 e. The van der Waals surface area contributed by atoms with Crippen LogP contribution in [0.15, 0.2) is 24.3 Å². The van der Waals surface area contributed by atoms with Gasteiger partial charge in [-0.25, -0.2) is 9.78 Å². The summed E-state index contributed by atoms with van der Waals surface area (Å²) in [5.74, 6) is 0.458. The van der Waals surface area contributed by atoms with Gasteiger partial charge in [0, 0.05) is 0 Å². The Morgan fingerprint density at radius 1 is 1.35 bits per heavy atom. The van der Waals surface area contributed by atoms with E-state index in [1.807, 2.05) is 38.1 Å². The third kappa shape index (κ3) is 2.82. The van der Waals surface area contributed by atoms with Gasteiger partial charge >= 0.3 is 5.97 Å². The summed E-state index contributed by atoms with van der Waals surface area (Å²) in [5.41, 5.74) is 1.59. The third-order valence-corrected chi connectivity index (χ3v) is 3.10. The second-order valence-electron chi connectivity index (χ2n) is 5.24. The van der Waals surface area contributed by atoms with Crippen LogP contribution in [0, 0.1) is 5.92 Å². The first-order valence-electron chi connectivity index (χ1n) is 6.78. The third-order valence-electron chi connectivity index (χ3n) is 3.10. The molecule has 2 aromatic rings. The van der Waals surface area contributed by atoms with E-state index in [4.69, 9.17) is 4.74 Å². The number of hydrogen-bond donors (Lipinski definition) is 1. The summed E-state index contributed by atoms with van der Waals surface area (Å²) in [4.78, 5) is 16.4. The molecule has 1 aromatic heterocycles. The highest BCUT2D eigenvalue weighted by Crippen LogP contribution is 2.22. The predicted molar refractivity (Wildman–Crippen MR) is 76.2 cm³/mol. The largest absolute Gasteiger partial charge is 0.464 e. The summed E-state index contributed by atoms with van der Waals surface area (Å²) in [6, 6.07) is 6.99. The Labute approximate surface area is 118 Å². The zero-order chi connectivity index (χ0) is 14.7. The molecule has 108 valence electrons. The molecule has 1 atom stereocenters. The lowest BCUT2D eigenvalue weighted by molar-refractivity contribution is -0.148. The summed E-state index contributed by atoms with van der Waals surface area (Å²) in [5, 5.41) is 9.43. The van der Waals surface area contributed by atoms with Crippen molar-refractivity contribution in [2.75, 3.05) is 6.61 Å². The van der Waals surface area contributed by atoms with Crippen LogP contribution < -0.4 is 0 Å². The maximum atomic E-state index is 12.1. The molecule has 5 nitrogen and oxygen atoms in total. The number of esters is 1. The molecule has 1 heterocycles.